The largest absolute Gasteiger partial charge is 0.324 e. The Kier molecular flexibility index (Phi) is 2.06. The normalized spacial score (nSPS) is 34.9. The highest BCUT2D eigenvalue weighted by molar-refractivity contribution is 5.21. The molecule has 0 spiro atoms. The number of nitrogens with two attached hydrogens (primary N) is 1. The molecule has 1 heterocycles. The molecular weight excluding hydrogens is 184 g/mol. The van der Waals surface area contributed by atoms with Gasteiger partial charge in [0, 0.05) is 17.9 Å². The quantitative estimate of drug-likeness (QED) is 0.800. The Labute approximate surface area is 90.9 Å². The summed E-state index contributed by atoms with van der Waals surface area (Å²) in [5.74, 6) is 2.62. The first-order chi connectivity index (χ1) is 7.27. The van der Waals surface area contributed by atoms with Gasteiger partial charge in [0.1, 0.15) is 0 Å². The van der Waals surface area contributed by atoms with Gasteiger partial charge in [-0.1, -0.05) is 12.5 Å². The summed E-state index contributed by atoms with van der Waals surface area (Å²) >= 11 is 0. The molecule has 80 valence electrons. The van der Waals surface area contributed by atoms with Gasteiger partial charge in [0.2, 0.25) is 0 Å². The zero-order valence-electron chi connectivity index (χ0n) is 9.19. The Balaban J connectivity index is 1.75. The maximum Gasteiger partial charge on any atom is 0.0372 e. The lowest BCUT2D eigenvalue weighted by atomic mass is 9.99. The van der Waals surface area contributed by atoms with Crippen molar-refractivity contribution in [1.29, 1.82) is 0 Å². The highest BCUT2D eigenvalue weighted by Gasteiger charge is 2.55. The van der Waals surface area contributed by atoms with Crippen LogP contribution < -0.4 is 5.73 Å². The Morgan fingerprint density at radius 3 is 2.67 bits per heavy atom. The summed E-state index contributed by atoms with van der Waals surface area (Å²) < 4.78 is 0. The molecule has 0 radical (unpaired) electrons. The van der Waals surface area contributed by atoms with E-state index in [0.717, 1.165) is 23.4 Å². The van der Waals surface area contributed by atoms with Crippen molar-refractivity contribution in [2.75, 3.05) is 0 Å². The summed E-state index contributed by atoms with van der Waals surface area (Å²) in [7, 11) is 0. The zero-order chi connectivity index (χ0) is 10.4. The molecule has 3 unspecified atom stereocenters. The fourth-order valence-electron chi connectivity index (χ4n) is 3.31. The lowest BCUT2D eigenvalue weighted by Gasteiger charge is -2.13. The van der Waals surface area contributed by atoms with Gasteiger partial charge in [-0.15, -0.1) is 0 Å². The van der Waals surface area contributed by atoms with Crippen LogP contribution in [-0.2, 0) is 0 Å². The third-order valence-electron chi connectivity index (χ3n) is 4.21. The van der Waals surface area contributed by atoms with Gasteiger partial charge < -0.3 is 5.73 Å². The number of aryl methyl sites for hydroxylation is 1. The summed E-state index contributed by atoms with van der Waals surface area (Å²) in [5.41, 5.74) is 8.59. The lowest BCUT2D eigenvalue weighted by Crippen LogP contribution is -2.15. The highest BCUT2D eigenvalue weighted by Crippen LogP contribution is 2.61. The monoisotopic (exact) mass is 202 g/mol. The van der Waals surface area contributed by atoms with Gasteiger partial charge in [0.25, 0.3) is 0 Å². The molecule has 0 aliphatic heterocycles. The Hall–Kier alpha value is -0.890. The third kappa shape index (κ3) is 1.48. The molecular formula is C13H18N2. The van der Waals surface area contributed by atoms with Gasteiger partial charge in [0.05, 0.1) is 0 Å². The van der Waals surface area contributed by atoms with E-state index in [1.54, 1.807) is 0 Å². The second kappa shape index (κ2) is 3.31. The lowest BCUT2D eigenvalue weighted by molar-refractivity contribution is 0.501. The van der Waals surface area contributed by atoms with Crippen molar-refractivity contribution in [3.63, 3.8) is 0 Å². The minimum Gasteiger partial charge on any atom is -0.324 e. The maximum atomic E-state index is 6.30. The molecule has 2 aliphatic rings. The number of aromatic nitrogens is 1. The van der Waals surface area contributed by atoms with Gasteiger partial charge in [-0.2, -0.15) is 0 Å². The SMILES string of the molecule is Cc1ccc(C(N)C2C3CCCC32)cn1. The third-order valence-corrected chi connectivity index (χ3v) is 4.21. The van der Waals surface area contributed by atoms with Crippen LogP contribution in [0.5, 0.6) is 0 Å². The average molecular weight is 202 g/mol. The number of hydrogen-bond acceptors (Lipinski definition) is 2. The summed E-state index contributed by atoms with van der Waals surface area (Å²) in [4.78, 5) is 4.32. The molecule has 0 bridgehead atoms. The number of rotatable bonds is 2. The van der Waals surface area contributed by atoms with Crippen LogP contribution >= 0.6 is 0 Å². The maximum absolute atomic E-state index is 6.30. The first kappa shape index (κ1) is 9.34. The van der Waals surface area contributed by atoms with Crippen molar-refractivity contribution in [3.05, 3.63) is 29.6 Å². The minimum absolute atomic E-state index is 0.230. The molecule has 3 atom stereocenters. The van der Waals surface area contributed by atoms with E-state index in [2.05, 4.69) is 17.1 Å². The molecule has 15 heavy (non-hydrogen) atoms. The van der Waals surface area contributed by atoms with E-state index in [-0.39, 0.29) is 6.04 Å². The molecule has 2 aliphatic carbocycles. The van der Waals surface area contributed by atoms with Crippen molar-refractivity contribution in [2.45, 2.75) is 32.2 Å². The Morgan fingerprint density at radius 2 is 2.07 bits per heavy atom. The van der Waals surface area contributed by atoms with Gasteiger partial charge in [-0.05, 0) is 49.1 Å². The minimum atomic E-state index is 0.230. The van der Waals surface area contributed by atoms with E-state index >= 15 is 0 Å². The van der Waals surface area contributed by atoms with E-state index in [1.807, 2.05) is 13.1 Å². The fourth-order valence-corrected chi connectivity index (χ4v) is 3.31. The van der Waals surface area contributed by atoms with E-state index in [1.165, 1.54) is 24.8 Å². The summed E-state index contributed by atoms with van der Waals surface area (Å²) in [6, 6.07) is 4.43. The second-order valence-corrected chi connectivity index (χ2v) is 5.09. The van der Waals surface area contributed by atoms with Crippen LogP contribution in [0.25, 0.3) is 0 Å². The van der Waals surface area contributed by atoms with E-state index in [0.29, 0.717) is 0 Å². The molecule has 3 rings (SSSR count). The molecule has 0 amide bonds. The molecule has 2 heteroatoms. The predicted molar refractivity (Wildman–Crippen MR) is 60.2 cm³/mol. The van der Waals surface area contributed by atoms with Crippen LogP contribution in [0.4, 0.5) is 0 Å². The number of hydrogen-bond donors (Lipinski definition) is 1. The molecule has 0 aromatic carbocycles. The topological polar surface area (TPSA) is 38.9 Å². The number of pyridine rings is 1. The van der Waals surface area contributed by atoms with E-state index in [9.17, 15) is 0 Å². The number of nitrogens with zero attached hydrogens (tertiary/aromatic N) is 1. The average Bonchev–Trinajstić information content (AvgIpc) is 2.72. The van der Waals surface area contributed by atoms with Crippen LogP contribution in [0, 0.1) is 24.7 Å². The molecule has 2 fully saturated rings. The predicted octanol–water partition coefficient (Wildman–Crippen LogP) is 2.44. The van der Waals surface area contributed by atoms with E-state index < -0.39 is 0 Å². The summed E-state index contributed by atoms with van der Waals surface area (Å²) in [5, 5.41) is 0. The van der Waals surface area contributed by atoms with Crippen molar-refractivity contribution in [3.8, 4) is 0 Å². The summed E-state index contributed by atoms with van der Waals surface area (Å²) in [6.45, 7) is 2.02. The molecule has 1 aromatic heterocycles. The van der Waals surface area contributed by atoms with Crippen LogP contribution in [0.2, 0.25) is 0 Å². The Bertz CT molecular complexity index is 347. The first-order valence-electron chi connectivity index (χ1n) is 5.95. The standard InChI is InChI=1S/C13H18N2/c1-8-5-6-9(7-15-8)13(14)12-10-3-2-4-11(10)12/h5-7,10-13H,2-4,14H2,1H3. The van der Waals surface area contributed by atoms with Crippen LogP contribution in [0.3, 0.4) is 0 Å². The van der Waals surface area contributed by atoms with Gasteiger partial charge in [0.15, 0.2) is 0 Å². The van der Waals surface area contributed by atoms with Gasteiger partial charge >= 0.3 is 0 Å². The van der Waals surface area contributed by atoms with Crippen molar-refractivity contribution in [2.24, 2.45) is 23.5 Å². The molecule has 2 N–H and O–H groups in total. The fraction of sp³-hybridized carbons (Fsp3) is 0.615. The van der Waals surface area contributed by atoms with Crippen LogP contribution in [0.15, 0.2) is 18.3 Å². The summed E-state index contributed by atoms with van der Waals surface area (Å²) in [6.07, 6.45) is 6.18. The van der Waals surface area contributed by atoms with Gasteiger partial charge in [-0.3, -0.25) is 4.98 Å². The van der Waals surface area contributed by atoms with Crippen molar-refractivity contribution < 1.29 is 0 Å². The number of fused-ring (bicyclic) bond motifs is 1. The first-order valence-corrected chi connectivity index (χ1v) is 5.95. The second-order valence-electron chi connectivity index (χ2n) is 5.09. The smallest absolute Gasteiger partial charge is 0.0372 e. The highest BCUT2D eigenvalue weighted by atomic mass is 14.8. The van der Waals surface area contributed by atoms with Gasteiger partial charge in [-0.25, -0.2) is 0 Å². The van der Waals surface area contributed by atoms with Crippen molar-refractivity contribution in [1.82, 2.24) is 4.98 Å². The molecule has 0 saturated heterocycles. The van der Waals surface area contributed by atoms with Crippen LogP contribution in [0.1, 0.15) is 36.6 Å². The molecule has 2 saturated carbocycles. The van der Waals surface area contributed by atoms with Crippen molar-refractivity contribution >= 4 is 0 Å². The molecule has 2 nitrogen and oxygen atoms in total. The molecule has 1 aromatic rings. The zero-order valence-corrected chi connectivity index (χ0v) is 9.19. The van der Waals surface area contributed by atoms with Crippen LogP contribution in [-0.4, -0.2) is 4.98 Å². The van der Waals surface area contributed by atoms with E-state index in [4.69, 9.17) is 5.73 Å². The Morgan fingerprint density at radius 1 is 1.33 bits per heavy atom.